The zero-order valence-corrected chi connectivity index (χ0v) is 19.1. The quantitative estimate of drug-likeness (QED) is 0.396. The SMILES string of the molecule is CO[C@@H](C(=O)NCCC(c1ccccc1)c1ccco1)[C@H](O)[C@@H](O)[C@H](O)/C=C/C(C)(C)C. The molecule has 2 rings (SSSR count). The second-order valence-electron chi connectivity index (χ2n) is 8.91. The van der Waals surface area contributed by atoms with E-state index in [1.807, 2.05) is 63.2 Å². The van der Waals surface area contributed by atoms with Crippen LogP contribution in [-0.4, -0.2) is 59.3 Å². The Bertz CT molecular complexity index is 828. The van der Waals surface area contributed by atoms with Crippen LogP contribution < -0.4 is 5.32 Å². The molecule has 176 valence electrons. The van der Waals surface area contributed by atoms with E-state index in [2.05, 4.69) is 5.32 Å². The summed E-state index contributed by atoms with van der Waals surface area (Å²) in [6.45, 7) is 6.12. The third-order valence-corrected chi connectivity index (χ3v) is 5.14. The number of carbonyl (C=O) groups is 1. The molecule has 0 aliphatic heterocycles. The van der Waals surface area contributed by atoms with Crippen LogP contribution in [0.25, 0.3) is 0 Å². The van der Waals surface area contributed by atoms with Gasteiger partial charge in [-0.25, -0.2) is 0 Å². The zero-order chi connectivity index (χ0) is 23.7. The third-order valence-electron chi connectivity index (χ3n) is 5.14. The van der Waals surface area contributed by atoms with Crippen LogP contribution in [0.2, 0.25) is 0 Å². The van der Waals surface area contributed by atoms with Gasteiger partial charge in [-0.3, -0.25) is 4.79 Å². The van der Waals surface area contributed by atoms with E-state index in [1.165, 1.54) is 13.2 Å². The van der Waals surface area contributed by atoms with Gasteiger partial charge in [-0.1, -0.05) is 63.3 Å². The normalized spacial score (nSPS) is 17.0. The number of amides is 1. The van der Waals surface area contributed by atoms with Crippen molar-refractivity contribution in [3.05, 3.63) is 72.2 Å². The smallest absolute Gasteiger partial charge is 0.251 e. The Morgan fingerprint density at radius 2 is 1.78 bits per heavy atom. The Balaban J connectivity index is 1.98. The molecule has 1 aromatic heterocycles. The van der Waals surface area contributed by atoms with Crippen molar-refractivity contribution in [3.63, 3.8) is 0 Å². The van der Waals surface area contributed by atoms with E-state index in [0.29, 0.717) is 13.0 Å². The van der Waals surface area contributed by atoms with Gasteiger partial charge < -0.3 is 29.8 Å². The number of aliphatic hydroxyl groups is 3. The van der Waals surface area contributed by atoms with E-state index in [9.17, 15) is 20.1 Å². The molecule has 0 aliphatic rings. The lowest BCUT2D eigenvalue weighted by atomic mass is 9.93. The van der Waals surface area contributed by atoms with Crippen molar-refractivity contribution in [1.29, 1.82) is 0 Å². The fourth-order valence-corrected chi connectivity index (χ4v) is 3.37. The van der Waals surface area contributed by atoms with Gasteiger partial charge in [0, 0.05) is 19.6 Å². The predicted molar refractivity (Wildman–Crippen MR) is 122 cm³/mol. The number of rotatable bonds is 11. The zero-order valence-electron chi connectivity index (χ0n) is 19.1. The molecule has 0 saturated carbocycles. The first kappa shape index (κ1) is 25.8. The first-order valence-electron chi connectivity index (χ1n) is 10.8. The summed E-state index contributed by atoms with van der Waals surface area (Å²) in [4.78, 5) is 12.6. The highest BCUT2D eigenvalue weighted by Crippen LogP contribution is 2.28. The number of benzene rings is 1. The van der Waals surface area contributed by atoms with E-state index in [-0.39, 0.29) is 11.3 Å². The topological polar surface area (TPSA) is 112 Å². The van der Waals surface area contributed by atoms with Crippen molar-refractivity contribution in [2.45, 2.75) is 57.5 Å². The molecule has 0 radical (unpaired) electrons. The standard InChI is InChI=1S/C25H35NO6/c1-25(2,3)14-12-19(27)21(28)22(29)23(31-4)24(30)26-15-13-18(20-11-8-16-32-20)17-9-6-5-7-10-17/h5-12,14,16,18-19,21-23,27-29H,13,15H2,1-4H3,(H,26,30)/b14-12+/t18?,19-,21+,22-,23-/m1/s1. The van der Waals surface area contributed by atoms with Gasteiger partial charge in [0.25, 0.3) is 5.91 Å². The van der Waals surface area contributed by atoms with Gasteiger partial charge in [0.2, 0.25) is 0 Å². The maximum Gasteiger partial charge on any atom is 0.251 e. The number of carbonyl (C=O) groups excluding carboxylic acids is 1. The summed E-state index contributed by atoms with van der Waals surface area (Å²) in [5.74, 6) is 0.169. The highest BCUT2D eigenvalue weighted by atomic mass is 16.5. The molecule has 2 aromatic rings. The number of hydrogen-bond acceptors (Lipinski definition) is 6. The van der Waals surface area contributed by atoms with Crippen LogP contribution in [-0.2, 0) is 9.53 Å². The Kier molecular flexibility index (Phi) is 9.65. The third kappa shape index (κ3) is 7.60. The van der Waals surface area contributed by atoms with Crippen molar-refractivity contribution in [1.82, 2.24) is 5.32 Å². The predicted octanol–water partition coefficient (Wildman–Crippen LogP) is 2.62. The lowest BCUT2D eigenvalue weighted by molar-refractivity contribution is -0.148. The van der Waals surface area contributed by atoms with Crippen LogP contribution in [0.3, 0.4) is 0 Å². The molecule has 5 atom stereocenters. The van der Waals surface area contributed by atoms with Gasteiger partial charge in [-0.15, -0.1) is 0 Å². The Morgan fingerprint density at radius 3 is 2.34 bits per heavy atom. The summed E-state index contributed by atoms with van der Waals surface area (Å²) in [5.41, 5.74) is 0.858. The van der Waals surface area contributed by atoms with E-state index in [1.54, 1.807) is 12.3 Å². The minimum atomic E-state index is -1.60. The fraction of sp³-hybridized carbons (Fsp3) is 0.480. The van der Waals surface area contributed by atoms with Crippen molar-refractivity contribution >= 4 is 5.91 Å². The van der Waals surface area contributed by atoms with Crippen LogP contribution in [0.5, 0.6) is 0 Å². The second-order valence-corrected chi connectivity index (χ2v) is 8.91. The number of furan rings is 1. The maximum atomic E-state index is 12.6. The van der Waals surface area contributed by atoms with E-state index in [0.717, 1.165) is 11.3 Å². The number of nitrogens with one attached hydrogen (secondary N) is 1. The van der Waals surface area contributed by atoms with Gasteiger partial charge >= 0.3 is 0 Å². The van der Waals surface area contributed by atoms with Crippen molar-refractivity contribution < 1.29 is 29.3 Å². The van der Waals surface area contributed by atoms with Crippen molar-refractivity contribution in [2.75, 3.05) is 13.7 Å². The molecule has 0 aliphatic carbocycles. The molecule has 7 heteroatoms. The molecular weight excluding hydrogens is 410 g/mol. The lowest BCUT2D eigenvalue weighted by Crippen LogP contribution is -2.51. The molecule has 0 fully saturated rings. The summed E-state index contributed by atoms with van der Waals surface area (Å²) >= 11 is 0. The number of ether oxygens (including phenoxy) is 1. The molecular formula is C25H35NO6. The van der Waals surface area contributed by atoms with Crippen LogP contribution in [0.1, 0.15) is 44.4 Å². The first-order chi connectivity index (χ1) is 15.1. The van der Waals surface area contributed by atoms with E-state index < -0.39 is 30.3 Å². The molecule has 7 nitrogen and oxygen atoms in total. The van der Waals surface area contributed by atoms with E-state index >= 15 is 0 Å². The summed E-state index contributed by atoms with van der Waals surface area (Å²) < 4.78 is 10.7. The minimum absolute atomic E-state index is 0.0487. The molecule has 1 aromatic carbocycles. The number of allylic oxidation sites excluding steroid dienone is 1. The number of aliphatic hydroxyl groups excluding tert-OH is 3. The summed E-state index contributed by atoms with van der Waals surface area (Å²) in [6.07, 6.45) is -0.533. The molecule has 1 amide bonds. The molecule has 0 bridgehead atoms. The highest BCUT2D eigenvalue weighted by molar-refractivity contribution is 5.81. The molecule has 0 saturated heterocycles. The lowest BCUT2D eigenvalue weighted by Gasteiger charge is -2.27. The van der Waals surface area contributed by atoms with Gasteiger partial charge in [0.1, 0.15) is 24.1 Å². The van der Waals surface area contributed by atoms with Gasteiger partial charge in [0.05, 0.1) is 6.26 Å². The van der Waals surface area contributed by atoms with Gasteiger partial charge in [0.15, 0.2) is 6.10 Å². The minimum Gasteiger partial charge on any atom is -0.469 e. The Labute approximate surface area is 189 Å². The summed E-state index contributed by atoms with van der Waals surface area (Å²) in [6, 6.07) is 13.5. The summed E-state index contributed by atoms with van der Waals surface area (Å²) in [5, 5.41) is 33.7. The largest absolute Gasteiger partial charge is 0.469 e. The molecule has 4 N–H and O–H groups in total. The van der Waals surface area contributed by atoms with Crippen molar-refractivity contribution in [2.24, 2.45) is 5.41 Å². The van der Waals surface area contributed by atoms with Gasteiger partial charge in [-0.05, 0) is 29.5 Å². The average molecular weight is 446 g/mol. The molecule has 1 heterocycles. The Morgan fingerprint density at radius 1 is 1.09 bits per heavy atom. The monoisotopic (exact) mass is 445 g/mol. The van der Waals surface area contributed by atoms with Crippen molar-refractivity contribution in [3.8, 4) is 0 Å². The van der Waals surface area contributed by atoms with Crippen LogP contribution in [0.15, 0.2) is 65.3 Å². The second kappa shape index (κ2) is 12.0. The van der Waals surface area contributed by atoms with Gasteiger partial charge in [-0.2, -0.15) is 0 Å². The molecule has 1 unspecified atom stereocenters. The molecule has 32 heavy (non-hydrogen) atoms. The summed E-state index contributed by atoms with van der Waals surface area (Å²) in [7, 11) is 1.27. The van der Waals surface area contributed by atoms with Crippen LogP contribution in [0.4, 0.5) is 0 Å². The van der Waals surface area contributed by atoms with E-state index in [4.69, 9.17) is 9.15 Å². The Hall–Kier alpha value is -2.45. The average Bonchev–Trinajstić information content (AvgIpc) is 3.29. The van der Waals surface area contributed by atoms with Crippen LogP contribution >= 0.6 is 0 Å². The fourth-order valence-electron chi connectivity index (χ4n) is 3.37. The number of hydrogen-bond donors (Lipinski definition) is 4. The number of methoxy groups -OCH3 is 1. The highest BCUT2D eigenvalue weighted by Gasteiger charge is 2.35. The maximum absolute atomic E-state index is 12.6. The van der Waals surface area contributed by atoms with Crippen LogP contribution in [0, 0.1) is 5.41 Å². The molecule has 0 spiro atoms. The first-order valence-corrected chi connectivity index (χ1v) is 10.8.